The zero-order valence-corrected chi connectivity index (χ0v) is 16.8. The van der Waals surface area contributed by atoms with Crippen LogP contribution in [0.5, 0.6) is 0 Å². The number of aromatic nitrogens is 5. The molecule has 1 saturated heterocycles. The Morgan fingerprint density at radius 1 is 1.26 bits per heavy atom. The van der Waals surface area contributed by atoms with Crippen LogP contribution in [-0.2, 0) is 6.18 Å². The number of fused-ring (bicyclic) bond motifs is 1. The molecule has 162 valence electrons. The summed E-state index contributed by atoms with van der Waals surface area (Å²) in [6, 6.07) is 1.76. The second kappa shape index (κ2) is 7.97. The summed E-state index contributed by atoms with van der Waals surface area (Å²) in [5.41, 5.74) is 6.98. The van der Waals surface area contributed by atoms with Gasteiger partial charge >= 0.3 is 6.18 Å². The molecule has 0 aromatic carbocycles. The molecule has 1 unspecified atom stereocenters. The van der Waals surface area contributed by atoms with Crippen LogP contribution in [0.25, 0.3) is 17.2 Å². The zero-order valence-electron chi connectivity index (χ0n) is 16.8. The summed E-state index contributed by atoms with van der Waals surface area (Å²) in [6.07, 6.45) is 3.56. The molecule has 8 nitrogen and oxygen atoms in total. The number of piperidine rings is 1. The zero-order chi connectivity index (χ0) is 22.2. The fourth-order valence-corrected chi connectivity index (χ4v) is 3.84. The minimum atomic E-state index is -4.57. The highest BCUT2D eigenvalue weighted by Gasteiger charge is 2.33. The van der Waals surface area contributed by atoms with Crippen LogP contribution in [0.2, 0.25) is 0 Å². The van der Waals surface area contributed by atoms with Crippen LogP contribution >= 0.6 is 0 Å². The molecular formula is C20H21F3N8. The molecule has 1 atom stereocenters. The number of hydrogen-bond donors (Lipinski definition) is 2. The molecule has 1 fully saturated rings. The number of hydrogen-bond acceptors (Lipinski definition) is 7. The predicted molar refractivity (Wildman–Crippen MR) is 110 cm³/mol. The second-order valence-corrected chi connectivity index (χ2v) is 7.45. The molecule has 0 aliphatic carbocycles. The predicted octanol–water partition coefficient (Wildman–Crippen LogP) is 3.30. The number of allylic oxidation sites excluding steroid dienone is 1. The number of anilines is 1. The molecule has 0 saturated carbocycles. The van der Waals surface area contributed by atoms with Gasteiger partial charge in [0.1, 0.15) is 11.5 Å². The summed E-state index contributed by atoms with van der Waals surface area (Å²) in [7, 11) is 0. The van der Waals surface area contributed by atoms with E-state index in [0.717, 1.165) is 37.4 Å². The summed E-state index contributed by atoms with van der Waals surface area (Å²) >= 11 is 0. The lowest BCUT2D eigenvalue weighted by Crippen LogP contribution is -2.37. The van der Waals surface area contributed by atoms with Crippen molar-refractivity contribution in [2.75, 3.05) is 18.0 Å². The van der Waals surface area contributed by atoms with Gasteiger partial charge in [-0.1, -0.05) is 0 Å². The summed E-state index contributed by atoms with van der Waals surface area (Å²) in [6.45, 7) is 3.21. The van der Waals surface area contributed by atoms with Gasteiger partial charge in [0, 0.05) is 43.3 Å². The van der Waals surface area contributed by atoms with E-state index in [4.69, 9.17) is 11.1 Å². The molecule has 0 amide bonds. The lowest BCUT2D eigenvalue weighted by molar-refractivity contribution is -0.141. The third kappa shape index (κ3) is 4.07. The third-order valence-electron chi connectivity index (χ3n) is 5.35. The number of nitrogens with zero attached hydrogens (tertiary/aromatic N) is 6. The van der Waals surface area contributed by atoms with Gasteiger partial charge in [0.15, 0.2) is 17.2 Å². The van der Waals surface area contributed by atoms with Crippen molar-refractivity contribution in [3.8, 4) is 11.5 Å². The van der Waals surface area contributed by atoms with Gasteiger partial charge in [-0.15, -0.1) is 0 Å². The van der Waals surface area contributed by atoms with E-state index >= 15 is 0 Å². The van der Waals surface area contributed by atoms with Crippen LogP contribution in [0, 0.1) is 11.3 Å². The van der Waals surface area contributed by atoms with Crippen molar-refractivity contribution in [1.82, 2.24) is 24.3 Å². The van der Waals surface area contributed by atoms with Gasteiger partial charge in [-0.05, 0) is 31.4 Å². The van der Waals surface area contributed by atoms with Crippen molar-refractivity contribution in [3.05, 3.63) is 47.8 Å². The van der Waals surface area contributed by atoms with Gasteiger partial charge in [-0.2, -0.15) is 13.2 Å². The average Bonchev–Trinajstić information content (AvgIpc) is 3.17. The van der Waals surface area contributed by atoms with E-state index in [2.05, 4.69) is 24.8 Å². The number of imidazole rings is 1. The van der Waals surface area contributed by atoms with Crippen LogP contribution in [0.1, 0.15) is 25.5 Å². The van der Waals surface area contributed by atoms with Crippen molar-refractivity contribution in [1.29, 1.82) is 5.41 Å². The van der Waals surface area contributed by atoms with E-state index in [0.29, 0.717) is 23.8 Å². The van der Waals surface area contributed by atoms with Crippen molar-refractivity contribution < 1.29 is 13.2 Å². The van der Waals surface area contributed by atoms with Gasteiger partial charge in [0.25, 0.3) is 0 Å². The Bertz CT molecular complexity index is 1150. The Morgan fingerprint density at radius 3 is 2.77 bits per heavy atom. The summed E-state index contributed by atoms with van der Waals surface area (Å²) in [4.78, 5) is 18.5. The molecule has 0 spiro atoms. The molecular weight excluding hydrogens is 409 g/mol. The smallest absolute Gasteiger partial charge is 0.402 e. The Hall–Kier alpha value is -3.50. The number of nitrogens with one attached hydrogen (secondary N) is 1. The SMILES string of the molecule is C/C(N)=C(/C=N)C1CCCN(c2ccnc(-c3cnc4cnc(C(F)(F)F)cn34)n2)C1. The van der Waals surface area contributed by atoms with Crippen LogP contribution in [0.15, 0.2) is 42.1 Å². The van der Waals surface area contributed by atoms with E-state index < -0.39 is 11.9 Å². The first-order valence-electron chi connectivity index (χ1n) is 9.73. The van der Waals surface area contributed by atoms with Crippen molar-refractivity contribution in [3.63, 3.8) is 0 Å². The van der Waals surface area contributed by atoms with Crippen LogP contribution in [0.3, 0.4) is 0 Å². The van der Waals surface area contributed by atoms with E-state index in [1.54, 1.807) is 19.2 Å². The van der Waals surface area contributed by atoms with Gasteiger partial charge in [-0.25, -0.2) is 19.9 Å². The topological polar surface area (TPSA) is 109 Å². The first-order chi connectivity index (χ1) is 14.8. The van der Waals surface area contributed by atoms with Gasteiger partial charge < -0.3 is 16.0 Å². The van der Waals surface area contributed by atoms with Crippen molar-refractivity contribution in [2.24, 2.45) is 11.7 Å². The Kier molecular flexibility index (Phi) is 5.34. The fourth-order valence-electron chi connectivity index (χ4n) is 3.84. The highest BCUT2D eigenvalue weighted by atomic mass is 19.4. The van der Waals surface area contributed by atoms with E-state index in [1.807, 2.05) is 0 Å². The lowest BCUT2D eigenvalue weighted by Gasteiger charge is -2.34. The van der Waals surface area contributed by atoms with Crippen LogP contribution < -0.4 is 10.6 Å². The van der Waals surface area contributed by atoms with Gasteiger partial charge in [0.2, 0.25) is 0 Å². The van der Waals surface area contributed by atoms with E-state index in [-0.39, 0.29) is 17.4 Å². The summed E-state index contributed by atoms with van der Waals surface area (Å²) in [5.74, 6) is 1.05. The maximum atomic E-state index is 13.1. The van der Waals surface area contributed by atoms with Crippen molar-refractivity contribution >= 4 is 17.7 Å². The molecule has 3 aromatic rings. The van der Waals surface area contributed by atoms with E-state index in [1.165, 1.54) is 16.8 Å². The van der Waals surface area contributed by atoms with Gasteiger partial charge in [-0.3, -0.25) is 4.40 Å². The highest BCUT2D eigenvalue weighted by molar-refractivity contribution is 5.77. The molecule has 4 rings (SSSR count). The second-order valence-electron chi connectivity index (χ2n) is 7.45. The standard InChI is InChI=1S/C20H21F3N8/c1-12(25)14(7-24)13-3-2-6-30(10-13)17-4-5-26-19(29-17)15-8-28-18-9-27-16(11-31(15)18)20(21,22)23/h4-5,7-9,11,13,24H,2-3,6,10,25H2,1H3/b14-12+,24-7?. The monoisotopic (exact) mass is 430 g/mol. The first-order valence-corrected chi connectivity index (χ1v) is 9.73. The summed E-state index contributed by atoms with van der Waals surface area (Å²) in [5, 5.41) is 7.66. The van der Waals surface area contributed by atoms with Crippen LogP contribution in [-0.4, -0.2) is 43.6 Å². The van der Waals surface area contributed by atoms with Gasteiger partial charge in [0.05, 0.1) is 12.4 Å². The fraction of sp³-hybridized carbons (Fsp3) is 0.350. The highest BCUT2D eigenvalue weighted by Crippen LogP contribution is 2.30. The molecule has 31 heavy (non-hydrogen) atoms. The molecule has 3 aromatic heterocycles. The maximum absolute atomic E-state index is 13.1. The third-order valence-corrected chi connectivity index (χ3v) is 5.35. The lowest BCUT2D eigenvalue weighted by atomic mass is 9.90. The molecule has 3 N–H and O–H groups in total. The first kappa shape index (κ1) is 20.8. The maximum Gasteiger partial charge on any atom is 0.434 e. The largest absolute Gasteiger partial charge is 0.434 e. The Morgan fingerprint density at radius 2 is 2.06 bits per heavy atom. The number of rotatable bonds is 4. The number of alkyl halides is 3. The average molecular weight is 430 g/mol. The number of halogens is 3. The van der Waals surface area contributed by atoms with Crippen LogP contribution in [0.4, 0.5) is 19.0 Å². The van der Waals surface area contributed by atoms with Crippen molar-refractivity contribution in [2.45, 2.75) is 25.9 Å². The molecule has 11 heteroatoms. The Labute approximate surface area is 176 Å². The minimum Gasteiger partial charge on any atom is -0.402 e. The molecule has 1 aliphatic heterocycles. The normalized spacial score (nSPS) is 18.2. The Balaban J connectivity index is 1.68. The quantitative estimate of drug-likeness (QED) is 0.615. The number of nitrogens with two attached hydrogens (primary N) is 1. The molecule has 0 radical (unpaired) electrons. The van der Waals surface area contributed by atoms with E-state index in [9.17, 15) is 13.2 Å². The molecule has 4 heterocycles. The minimum absolute atomic E-state index is 0.117. The summed E-state index contributed by atoms with van der Waals surface area (Å²) < 4.78 is 40.6. The molecule has 1 aliphatic rings. The molecule has 0 bridgehead atoms.